The molecular formula is C22H24N4O2. The molecule has 1 unspecified atom stereocenters. The van der Waals surface area contributed by atoms with Gasteiger partial charge in [0.2, 0.25) is 11.8 Å². The molecule has 1 aromatic heterocycles. The van der Waals surface area contributed by atoms with Crippen LogP contribution in [0.3, 0.4) is 0 Å². The van der Waals surface area contributed by atoms with Crippen molar-refractivity contribution in [3.8, 4) is 0 Å². The lowest BCUT2D eigenvalue weighted by Gasteiger charge is -2.32. The molecule has 2 aromatic rings. The molecule has 1 N–H and O–H groups in total. The number of hydrogen-bond donors (Lipinski definition) is 1. The summed E-state index contributed by atoms with van der Waals surface area (Å²) in [4.78, 5) is 33.1. The third-order valence-corrected chi connectivity index (χ3v) is 5.31. The summed E-state index contributed by atoms with van der Waals surface area (Å²) in [6.45, 7) is 3.59. The summed E-state index contributed by atoms with van der Waals surface area (Å²) in [6, 6.07) is 11.4. The molecule has 2 amide bonds. The van der Waals surface area contributed by atoms with Crippen LogP contribution in [0.1, 0.15) is 43.4 Å². The number of amides is 2. The summed E-state index contributed by atoms with van der Waals surface area (Å²) in [5.74, 6) is 0.724. The molecule has 144 valence electrons. The zero-order valence-electron chi connectivity index (χ0n) is 16.0. The first kappa shape index (κ1) is 18.2. The number of fused-ring (bicyclic) bond motifs is 1. The Balaban J connectivity index is 1.46. The van der Waals surface area contributed by atoms with E-state index in [1.807, 2.05) is 42.5 Å². The molecule has 1 fully saturated rings. The second kappa shape index (κ2) is 7.84. The van der Waals surface area contributed by atoms with Crippen LogP contribution in [0.2, 0.25) is 0 Å². The van der Waals surface area contributed by atoms with Crippen molar-refractivity contribution in [2.24, 2.45) is 0 Å². The predicted octanol–water partition coefficient (Wildman–Crippen LogP) is 3.58. The summed E-state index contributed by atoms with van der Waals surface area (Å²) in [5, 5.41) is 2.92. The number of hydrogen-bond acceptors (Lipinski definition) is 4. The molecule has 2 aliphatic heterocycles. The molecule has 6 heteroatoms. The molecule has 0 radical (unpaired) electrons. The fraction of sp³-hybridized carbons (Fsp3) is 0.318. The average Bonchev–Trinajstić information content (AvgIpc) is 3.23. The van der Waals surface area contributed by atoms with Gasteiger partial charge >= 0.3 is 0 Å². The highest BCUT2D eigenvalue weighted by Crippen LogP contribution is 2.33. The van der Waals surface area contributed by atoms with E-state index in [4.69, 9.17) is 0 Å². The quantitative estimate of drug-likeness (QED) is 0.886. The molecule has 0 saturated carbocycles. The van der Waals surface area contributed by atoms with E-state index in [0.29, 0.717) is 5.69 Å². The van der Waals surface area contributed by atoms with E-state index in [9.17, 15) is 9.59 Å². The van der Waals surface area contributed by atoms with Crippen LogP contribution in [0.4, 0.5) is 11.5 Å². The molecule has 1 saturated heterocycles. The van der Waals surface area contributed by atoms with Gasteiger partial charge in [-0.15, -0.1) is 0 Å². The first-order valence-electron chi connectivity index (χ1n) is 9.69. The Hall–Kier alpha value is -3.15. The van der Waals surface area contributed by atoms with Gasteiger partial charge in [0.05, 0.1) is 24.3 Å². The second-order valence-electron chi connectivity index (χ2n) is 7.24. The minimum atomic E-state index is -0.310. The van der Waals surface area contributed by atoms with Crippen LogP contribution in [0.15, 0.2) is 48.8 Å². The zero-order valence-corrected chi connectivity index (χ0v) is 16.0. The molecule has 0 bridgehead atoms. The van der Waals surface area contributed by atoms with Crippen molar-refractivity contribution in [1.29, 1.82) is 0 Å². The molecule has 6 nitrogen and oxygen atoms in total. The zero-order chi connectivity index (χ0) is 19.5. The Kier molecular flexibility index (Phi) is 5.10. The van der Waals surface area contributed by atoms with Gasteiger partial charge in [-0.2, -0.15) is 0 Å². The number of carbonyl (C=O) groups excluding carboxylic acids is 2. The minimum absolute atomic E-state index is 0.0832. The van der Waals surface area contributed by atoms with Crippen molar-refractivity contribution >= 4 is 29.4 Å². The fourth-order valence-corrected chi connectivity index (χ4v) is 3.89. The van der Waals surface area contributed by atoms with Gasteiger partial charge in [0.25, 0.3) is 0 Å². The van der Waals surface area contributed by atoms with Gasteiger partial charge in [-0.3, -0.25) is 9.59 Å². The third kappa shape index (κ3) is 3.76. The Labute approximate surface area is 164 Å². The Bertz CT molecular complexity index is 901. The number of anilines is 2. The third-order valence-electron chi connectivity index (χ3n) is 5.31. The van der Waals surface area contributed by atoms with E-state index >= 15 is 0 Å². The largest absolute Gasteiger partial charge is 0.357 e. The lowest BCUT2D eigenvalue weighted by molar-refractivity contribution is -0.129. The number of pyridine rings is 1. The van der Waals surface area contributed by atoms with Gasteiger partial charge in [-0.1, -0.05) is 24.3 Å². The Morgan fingerprint density at radius 2 is 1.93 bits per heavy atom. The second-order valence-corrected chi connectivity index (χ2v) is 7.24. The summed E-state index contributed by atoms with van der Waals surface area (Å²) in [7, 11) is 0. The van der Waals surface area contributed by atoms with Gasteiger partial charge in [0, 0.05) is 26.2 Å². The lowest BCUT2D eigenvalue weighted by atomic mass is 9.93. The van der Waals surface area contributed by atoms with Gasteiger partial charge in [0.1, 0.15) is 5.82 Å². The number of nitrogens with one attached hydrogen (secondary N) is 1. The van der Waals surface area contributed by atoms with E-state index < -0.39 is 0 Å². The number of aromatic nitrogens is 1. The normalized spacial score (nSPS) is 18.1. The number of rotatable bonds is 4. The Morgan fingerprint density at radius 1 is 1.14 bits per heavy atom. The van der Waals surface area contributed by atoms with Crippen molar-refractivity contribution in [3.63, 3.8) is 0 Å². The van der Waals surface area contributed by atoms with Gasteiger partial charge in [-0.05, 0) is 42.2 Å². The average molecular weight is 376 g/mol. The smallest absolute Gasteiger partial charge is 0.226 e. The molecule has 4 rings (SSSR count). The summed E-state index contributed by atoms with van der Waals surface area (Å²) in [6.07, 6.45) is 7.95. The van der Waals surface area contributed by atoms with Crippen LogP contribution >= 0.6 is 0 Å². The molecule has 2 aliphatic rings. The first-order chi connectivity index (χ1) is 13.6. The molecule has 3 heterocycles. The molecule has 1 aromatic carbocycles. The van der Waals surface area contributed by atoms with Crippen LogP contribution in [0, 0.1) is 0 Å². The van der Waals surface area contributed by atoms with Gasteiger partial charge in [0.15, 0.2) is 0 Å². The molecule has 1 atom stereocenters. The number of nitrogens with zero attached hydrogens (tertiary/aromatic N) is 3. The highest BCUT2D eigenvalue weighted by molar-refractivity contribution is 5.92. The summed E-state index contributed by atoms with van der Waals surface area (Å²) < 4.78 is 0. The monoisotopic (exact) mass is 376 g/mol. The van der Waals surface area contributed by atoms with Crippen LogP contribution in [0.5, 0.6) is 0 Å². The highest BCUT2D eigenvalue weighted by atomic mass is 16.2. The first-order valence-corrected chi connectivity index (χ1v) is 9.69. The van der Waals surface area contributed by atoms with E-state index in [1.54, 1.807) is 17.3 Å². The molecular weight excluding hydrogens is 352 g/mol. The topological polar surface area (TPSA) is 65.5 Å². The van der Waals surface area contributed by atoms with E-state index in [1.165, 1.54) is 19.8 Å². The van der Waals surface area contributed by atoms with Crippen molar-refractivity contribution in [2.45, 2.75) is 32.2 Å². The minimum Gasteiger partial charge on any atom is -0.357 e. The van der Waals surface area contributed by atoms with Crippen LogP contribution in [-0.2, 0) is 9.59 Å². The highest BCUT2D eigenvalue weighted by Gasteiger charge is 2.28. The van der Waals surface area contributed by atoms with Crippen LogP contribution in [0.25, 0.3) is 6.08 Å². The maximum Gasteiger partial charge on any atom is 0.226 e. The Morgan fingerprint density at radius 3 is 2.64 bits per heavy atom. The number of benzene rings is 1. The van der Waals surface area contributed by atoms with Gasteiger partial charge in [-0.25, -0.2) is 4.98 Å². The predicted molar refractivity (Wildman–Crippen MR) is 110 cm³/mol. The lowest BCUT2D eigenvalue weighted by Crippen LogP contribution is -2.33. The number of carbonyl (C=O) groups is 2. The van der Waals surface area contributed by atoms with E-state index in [0.717, 1.165) is 30.0 Å². The SMILES string of the molecule is CC(=O)N1C=Cc2ccccc2C1CC(=O)Nc1ccc(N2CCCC2)nc1. The van der Waals surface area contributed by atoms with Crippen molar-refractivity contribution in [3.05, 3.63) is 59.9 Å². The molecule has 0 spiro atoms. The van der Waals surface area contributed by atoms with Gasteiger partial charge < -0.3 is 15.1 Å². The standard InChI is InChI=1S/C22H24N4O2/c1-16(27)26-13-10-17-6-2-3-7-19(17)20(26)14-22(28)24-18-8-9-21(23-15-18)25-11-4-5-12-25/h2-3,6-10,13,15,20H,4-5,11-12,14H2,1H3,(H,24,28). The van der Waals surface area contributed by atoms with E-state index in [-0.39, 0.29) is 24.3 Å². The summed E-state index contributed by atoms with van der Waals surface area (Å²) >= 11 is 0. The molecule has 28 heavy (non-hydrogen) atoms. The maximum absolute atomic E-state index is 12.7. The molecule has 0 aliphatic carbocycles. The van der Waals surface area contributed by atoms with E-state index in [2.05, 4.69) is 15.2 Å². The maximum atomic E-state index is 12.7. The van der Waals surface area contributed by atoms with Crippen LogP contribution in [-0.4, -0.2) is 34.8 Å². The fourth-order valence-electron chi connectivity index (χ4n) is 3.89. The van der Waals surface area contributed by atoms with Crippen molar-refractivity contribution < 1.29 is 9.59 Å². The van der Waals surface area contributed by atoms with Crippen molar-refractivity contribution in [2.75, 3.05) is 23.3 Å². The van der Waals surface area contributed by atoms with Crippen LogP contribution < -0.4 is 10.2 Å². The summed E-state index contributed by atoms with van der Waals surface area (Å²) in [5.41, 5.74) is 2.69. The van der Waals surface area contributed by atoms with Crippen molar-refractivity contribution in [1.82, 2.24) is 9.88 Å².